The normalized spacial score (nSPS) is 10.3. The smallest absolute Gasteiger partial charge is 0.0967 e. The molecule has 0 spiro atoms. The lowest BCUT2D eigenvalue weighted by molar-refractivity contribution is 0.768. The first-order chi connectivity index (χ1) is 11.2. The number of rotatable bonds is 3. The molecule has 3 heterocycles. The Morgan fingerprint density at radius 1 is 0.960 bits per heavy atom. The first kappa shape index (κ1) is 18.9. The van der Waals surface area contributed by atoms with Crippen molar-refractivity contribution >= 4 is 30.3 Å². The zero-order valence-corrected chi connectivity index (χ0v) is 15.2. The van der Waals surface area contributed by atoms with Crippen molar-refractivity contribution in [2.24, 2.45) is 12.8 Å². The Bertz CT molecular complexity index is 974. The highest BCUT2D eigenvalue weighted by molar-refractivity contribution is 5.85. The van der Waals surface area contributed by atoms with Gasteiger partial charge in [0.25, 0.3) is 0 Å². The number of hydrogen-bond acceptors (Lipinski definition) is 4. The summed E-state index contributed by atoms with van der Waals surface area (Å²) in [5.74, 6) is 0. The van der Waals surface area contributed by atoms with Crippen LogP contribution in [-0.4, -0.2) is 24.4 Å². The third kappa shape index (κ3) is 3.51. The maximum atomic E-state index is 5.68. The topological polar surface area (TPSA) is 74.0 Å². The van der Waals surface area contributed by atoms with Crippen LogP contribution in [0.2, 0.25) is 0 Å². The van der Waals surface area contributed by atoms with E-state index < -0.39 is 0 Å². The van der Waals surface area contributed by atoms with E-state index in [-0.39, 0.29) is 24.8 Å². The molecule has 0 aliphatic rings. The molecule has 0 fully saturated rings. The quantitative estimate of drug-likeness (QED) is 0.596. The van der Waals surface area contributed by atoms with Crippen LogP contribution in [0.4, 0.5) is 0 Å². The number of nitrogens with zero attached hydrogens (tertiary/aromatic N) is 5. The highest BCUT2D eigenvalue weighted by Crippen LogP contribution is 2.26. The van der Waals surface area contributed by atoms with Gasteiger partial charge in [0.05, 0.1) is 35.5 Å². The summed E-state index contributed by atoms with van der Waals surface area (Å²) in [6.45, 7) is 0.533. The second-order valence-electron chi connectivity index (χ2n) is 5.44. The fourth-order valence-corrected chi connectivity index (χ4v) is 2.63. The van der Waals surface area contributed by atoms with Crippen molar-refractivity contribution in [3.63, 3.8) is 0 Å². The van der Waals surface area contributed by atoms with E-state index in [1.807, 2.05) is 54.3 Å². The second kappa shape index (κ2) is 7.65. The van der Waals surface area contributed by atoms with Crippen molar-refractivity contribution in [1.82, 2.24) is 24.4 Å². The Morgan fingerprint density at radius 2 is 1.72 bits per heavy atom. The average Bonchev–Trinajstić information content (AvgIpc) is 3.22. The van der Waals surface area contributed by atoms with Gasteiger partial charge in [-0.1, -0.05) is 24.3 Å². The third-order valence-electron chi connectivity index (χ3n) is 3.85. The molecule has 1 aromatic carbocycles. The molecule has 4 rings (SSSR count). The number of aryl methyl sites for hydroxylation is 1. The number of halogens is 2. The highest BCUT2D eigenvalue weighted by atomic mass is 35.5. The lowest BCUT2D eigenvalue weighted by Gasteiger charge is -2.07. The zero-order chi connectivity index (χ0) is 15.8. The van der Waals surface area contributed by atoms with Crippen LogP contribution < -0.4 is 5.73 Å². The molecule has 25 heavy (non-hydrogen) atoms. The second-order valence-corrected chi connectivity index (χ2v) is 5.44. The van der Waals surface area contributed by atoms with Gasteiger partial charge in [-0.25, -0.2) is 9.50 Å². The van der Waals surface area contributed by atoms with Gasteiger partial charge in [-0.05, 0) is 11.6 Å². The van der Waals surface area contributed by atoms with Crippen molar-refractivity contribution in [1.29, 1.82) is 0 Å². The van der Waals surface area contributed by atoms with E-state index in [2.05, 4.69) is 10.2 Å². The van der Waals surface area contributed by atoms with E-state index in [4.69, 9.17) is 10.7 Å². The van der Waals surface area contributed by atoms with E-state index in [9.17, 15) is 0 Å². The minimum atomic E-state index is 0. The first-order valence-corrected chi connectivity index (χ1v) is 7.37. The van der Waals surface area contributed by atoms with Crippen LogP contribution >= 0.6 is 24.8 Å². The number of aromatic nitrogens is 5. The monoisotopic (exact) mass is 376 g/mol. The van der Waals surface area contributed by atoms with Gasteiger partial charge in [0.2, 0.25) is 0 Å². The van der Waals surface area contributed by atoms with Crippen molar-refractivity contribution in [3.05, 3.63) is 60.7 Å². The summed E-state index contributed by atoms with van der Waals surface area (Å²) in [6.07, 6.45) is 7.45. The molecule has 0 saturated carbocycles. The van der Waals surface area contributed by atoms with E-state index >= 15 is 0 Å². The Kier molecular flexibility index (Phi) is 5.79. The predicted octanol–water partition coefficient (Wildman–Crippen LogP) is 3.10. The number of fused-ring (bicyclic) bond motifs is 1. The van der Waals surface area contributed by atoms with Crippen LogP contribution in [0.3, 0.4) is 0 Å². The number of benzene rings is 1. The molecule has 0 saturated heterocycles. The summed E-state index contributed by atoms with van der Waals surface area (Å²) in [6, 6.07) is 10.1. The summed E-state index contributed by atoms with van der Waals surface area (Å²) in [4.78, 5) is 4.84. The summed E-state index contributed by atoms with van der Waals surface area (Å²) >= 11 is 0. The molecule has 6 nitrogen and oxygen atoms in total. The molecule has 0 amide bonds. The van der Waals surface area contributed by atoms with Gasteiger partial charge in [-0.3, -0.25) is 4.68 Å². The molecular weight excluding hydrogens is 359 g/mol. The van der Waals surface area contributed by atoms with Crippen LogP contribution in [-0.2, 0) is 13.6 Å². The van der Waals surface area contributed by atoms with E-state index in [1.54, 1.807) is 17.1 Å². The van der Waals surface area contributed by atoms with Gasteiger partial charge in [0.1, 0.15) is 0 Å². The summed E-state index contributed by atoms with van der Waals surface area (Å²) in [7, 11) is 1.89. The number of hydrogen-bond donors (Lipinski definition) is 1. The van der Waals surface area contributed by atoms with Crippen LogP contribution in [0.1, 0.15) is 5.56 Å². The van der Waals surface area contributed by atoms with Crippen molar-refractivity contribution < 1.29 is 0 Å². The molecule has 3 aromatic heterocycles. The van der Waals surface area contributed by atoms with Crippen molar-refractivity contribution in [2.75, 3.05) is 0 Å². The van der Waals surface area contributed by atoms with Crippen LogP contribution in [0.25, 0.3) is 28.0 Å². The molecule has 2 N–H and O–H groups in total. The Labute approximate surface area is 157 Å². The fraction of sp³-hybridized carbons (Fsp3) is 0.118. The van der Waals surface area contributed by atoms with E-state index in [0.29, 0.717) is 6.54 Å². The molecule has 0 aliphatic heterocycles. The zero-order valence-electron chi connectivity index (χ0n) is 13.5. The lowest BCUT2D eigenvalue weighted by atomic mass is 10.1. The molecule has 0 atom stereocenters. The van der Waals surface area contributed by atoms with Gasteiger partial charge in [0.15, 0.2) is 0 Å². The number of nitrogens with two attached hydrogens (primary N) is 1. The van der Waals surface area contributed by atoms with Crippen molar-refractivity contribution in [3.8, 4) is 22.5 Å². The summed E-state index contributed by atoms with van der Waals surface area (Å²) in [5.41, 5.74) is 11.5. The van der Waals surface area contributed by atoms with Gasteiger partial charge in [-0.2, -0.15) is 10.2 Å². The third-order valence-corrected chi connectivity index (χ3v) is 3.85. The minimum Gasteiger partial charge on any atom is -0.326 e. The fourth-order valence-electron chi connectivity index (χ4n) is 2.63. The van der Waals surface area contributed by atoms with Crippen LogP contribution in [0.5, 0.6) is 0 Å². The van der Waals surface area contributed by atoms with Gasteiger partial charge in [-0.15, -0.1) is 24.8 Å². The SMILES string of the molecule is Cl.Cl.Cn1cc(-c2cn3nccc3c(-c3ccc(CN)cc3)n2)cn1. The largest absolute Gasteiger partial charge is 0.326 e. The molecule has 8 heteroatoms. The van der Waals surface area contributed by atoms with Crippen LogP contribution in [0.15, 0.2) is 55.1 Å². The maximum Gasteiger partial charge on any atom is 0.0967 e. The standard InChI is InChI=1S/C17H16N6.2ClH/c1-22-10-14(9-20-22)15-11-23-16(6-7-19-23)17(21-15)13-4-2-12(8-18)3-5-13;;/h2-7,9-11H,8,18H2,1H3;2*1H. The molecule has 130 valence electrons. The van der Waals surface area contributed by atoms with E-state index in [0.717, 1.165) is 33.6 Å². The van der Waals surface area contributed by atoms with Gasteiger partial charge in [0, 0.05) is 30.9 Å². The first-order valence-electron chi connectivity index (χ1n) is 7.37. The van der Waals surface area contributed by atoms with E-state index in [1.165, 1.54) is 0 Å². The molecule has 0 unspecified atom stereocenters. The Balaban J connectivity index is 0.00000113. The van der Waals surface area contributed by atoms with Crippen molar-refractivity contribution in [2.45, 2.75) is 6.54 Å². The predicted molar refractivity (Wildman–Crippen MR) is 103 cm³/mol. The molecular formula is C17H18Cl2N6. The summed E-state index contributed by atoms with van der Waals surface area (Å²) in [5, 5.41) is 8.58. The molecule has 0 aliphatic carbocycles. The lowest BCUT2D eigenvalue weighted by Crippen LogP contribution is -1.98. The molecule has 0 radical (unpaired) electrons. The van der Waals surface area contributed by atoms with Crippen LogP contribution in [0, 0.1) is 0 Å². The molecule has 4 aromatic rings. The maximum absolute atomic E-state index is 5.68. The summed E-state index contributed by atoms with van der Waals surface area (Å²) < 4.78 is 3.61. The Morgan fingerprint density at radius 3 is 2.36 bits per heavy atom. The average molecular weight is 377 g/mol. The molecule has 0 bridgehead atoms. The highest BCUT2D eigenvalue weighted by Gasteiger charge is 2.11. The van der Waals surface area contributed by atoms with Gasteiger partial charge < -0.3 is 5.73 Å². The minimum absolute atomic E-state index is 0. The Hall–Kier alpha value is -2.41. The van der Waals surface area contributed by atoms with Gasteiger partial charge >= 0.3 is 0 Å².